The summed E-state index contributed by atoms with van der Waals surface area (Å²) in [6.45, 7) is 1.41. The Morgan fingerprint density at radius 3 is 2.42 bits per heavy atom. The molecule has 2 aliphatic rings. The highest BCUT2D eigenvalue weighted by Gasteiger charge is 2.24. The van der Waals surface area contributed by atoms with Gasteiger partial charge in [0, 0.05) is 5.03 Å². The van der Waals surface area contributed by atoms with Crippen LogP contribution in [0.25, 0.3) is 0 Å². The predicted molar refractivity (Wildman–Crippen MR) is 47.0 cm³/mol. The summed E-state index contributed by atoms with van der Waals surface area (Å²) in [7, 11) is 0. The van der Waals surface area contributed by atoms with Crippen molar-refractivity contribution in [3.8, 4) is 0 Å². The fraction of sp³-hybridized carbons (Fsp3) is 0.778. The molecule has 1 aliphatic carbocycles. The van der Waals surface area contributed by atoms with E-state index < -0.39 is 0 Å². The topological polar surface area (TPSA) is 18.5 Å². The van der Waals surface area contributed by atoms with Crippen molar-refractivity contribution in [3.63, 3.8) is 0 Å². The van der Waals surface area contributed by atoms with Gasteiger partial charge in [-0.3, -0.25) is 0 Å². The maximum atomic E-state index is 6.08. The molecule has 1 heterocycles. The number of halogens is 1. The van der Waals surface area contributed by atoms with Gasteiger partial charge in [0.15, 0.2) is 6.29 Å². The largest absolute Gasteiger partial charge is 0.346 e. The van der Waals surface area contributed by atoms with Crippen molar-refractivity contribution in [2.24, 2.45) is 0 Å². The first-order valence-electron chi connectivity index (χ1n) is 4.48. The summed E-state index contributed by atoms with van der Waals surface area (Å²) in [5.41, 5.74) is 1.18. The smallest absolute Gasteiger partial charge is 0.181 e. The maximum absolute atomic E-state index is 6.08. The van der Waals surface area contributed by atoms with Crippen LogP contribution in [0.5, 0.6) is 0 Å². The molecule has 0 amide bonds. The zero-order valence-electron chi connectivity index (χ0n) is 7.01. The van der Waals surface area contributed by atoms with Gasteiger partial charge in [0.05, 0.1) is 13.2 Å². The molecule has 0 aromatic carbocycles. The van der Waals surface area contributed by atoms with Gasteiger partial charge in [0.1, 0.15) is 0 Å². The molecule has 1 saturated heterocycles. The summed E-state index contributed by atoms with van der Waals surface area (Å²) >= 11 is 6.08. The van der Waals surface area contributed by atoms with Crippen LogP contribution in [0.2, 0.25) is 0 Å². The highest BCUT2D eigenvalue weighted by Crippen LogP contribution is 2.32. The van der Waals surface area contributed by atoms with Gasteiger partial charge < -0.3 is 9.47 Å². The van der Waals surface area contributed by atoms with Crippen LogP contribution in [0.3, 0.4) is 0 Å². The first-order valence-corrected chi connectivity index (χ1v) is 4.86. The molecule has 0 N–H and O–H groups in total. The Balaban J connectivity index is 2.08. The second-order valence-corrected chi connectivity index (χ2v) is 3.67. The Morgan fingerprint density at radius 1 is 1.08 bits per heavy atom. The van der Waals surface area contributed by atoms with Crippen molar-refractivity contribution >= 4 is 11.6 Å². The predicted octanol–water partition coefficient (Wildman–Crippen LogP) is 2.43. The quantitative estimate of drug-likeness (QED) is 0.629. The minimum atomic E-state index is -0.127. The summed E-state index contributed by atoms with van der Waals surface area (Å²) in [5, 5.41) is 0.966. The normalized spacial score (nSPS) is 26.8. The Bertz CT molecular complexity index is 195. The van der Waals surface area contributed by atoms with Gasteiger partial charge in [-0.2, -0.15) is 0 Å². The van der Waals surface area contributed by atoms with Crippen molar-refractivity contribution in [3.05, 3.63) is 10.6 Å². The van der Waals surface area contributed by atoms with Crippen LogP contribution in [0.15, 0.2) is 10.6 Å². The average molecular weight is 189 g/mol. The molecule has 12 heavy (non-hydrogen) atoms. The molecule has 0 radical (unpaired) electrons. The average Bonchev–Trinajstić information content (AvgIpc) is 2.57. The highest BCUT2D eigenvalue weighted by atomic mass is 35.5. The lowest BCUT2D eigenvalue weighted by Crippen LogP contribution is -2.14. The Morgan fingerprint density at radius 2 is 1.75 bits per heavy atom. The molecule has 0 aromatic heterocycles. The third kappa shape index (κ3) is 1.65. The van der Waals surface area contributed by atoms with E-state index in [0.29, 0.717) is 13.2 Å². The number of rotatable bonds is 1. The fourth-order valence-electron chi connectivity index (χ4n) is 1.70. The number of ether oxygens (including phenoxy) is 2. The van der Waals surface area contributed by atoms with Crippen molar-refractivity contribution in [2.45, 2.75) is 32.0 Å². The second kappa shape index (κ2) is 3.77. The molecule has 0 aromatic rings. The Labute approximate surface area is 77.5 Å². The molecule has 0 atom stereocenters. The van der Waals surface area contributed by atoms with Crippen molar-refractivity contribution in [1.29, 1.82) is 0 Å². The van der Waals surface area contributed by atoms with Crippen molar-refractivity contribution in [2.75, 3.05) is 13.2 Å². The van der Waals surface area contributed by atoms with Crippen LogP contribution in [-0.2, 0) is 9.47 Å². The monoisotopic (exact) mass is 188 g/mol. The Hall–Kier alpha value is -0.0500. The minimum absolute atomic E-state index is 0.127. The van der Waals surface area contributed by atoms with Crippen LogP contribution in [0.1, 0.15) is 25.7 Å². The number of allylic oxidation sites excluding steroid dienone is 1. The summed E-state index contributed by atoms with van der Waals surface area (Å²) in [6, 6.07) is 0. The summed E-state index contributed by atoms with van der Waals surface area (Å²) in [6.07, 6.45) is 4.34. The van der Waals surface area contributed by atoms with Crippen LogP contribution in [-0.4, -0.2) is 19.5 Å². The SMILES string of the molecule is ClC1=C(C2OCCO2)CCCC1. The van der Waals surface area contributed by atoms with Gasteiger partial charge in [-0.1, -0.05) is 11.6 Å². The first-order chi connectivity index (χ1) is 5.88. The molecule has 2 nitrogen and oxygen atoms in total. The van der Waals surface area contributed by atoms with E-state index in [4.69, 9.17) is 21.1 Å². The number of hydrogen-bond acceptors (Lipinski definition) is 2. The second-order valence-electron chi connectivity index (χ2n) is 3.21. The lowest BCUT2D eigenvalue weighted by molar-refractivity contribution is -0.0148. The fourth-order valence-corrected chi connectivity index (χ4v) is 2.01. The molecule has 1 fully saturated rings. The summed E-state index contributed by atoms with van der Waals surface area (Å²) in [4.78, 5) is 0. The van der Waals surface area contributed by atoms with Gasteiger partial charge in [-0.05, 0) is 31.3 Å². The van der Waals surface area contributed by atoms with E-state index in [2.05, 4.69) is 0 Å². The van der Waals surface area contributed by atoms with Crippen LogP contribution in [0.4, 0.5) is 0 Å². The lowest BCUT2D eigenvalue weighted by atomic mass is 9.99. The Kier molecular flexibility index (Phi) is 2.69. The van der Waals surface area contributed by atoms with E-state index in [1.807, 2.05) is 0 Å². The molecule has 1 aliphatic heterocycles. The standard InChI is InChI=1S/C9H13ClO2/c10-8-4-2-1-3-7(8)9-11-5-6-12-9/h9H,1-6H2. The molecule has 0 spiro atoms. The van der Waals surface area contributed by atoms with Gasteiger partial charge >= 0.3 is 0 Å². The molecular formula is C9H13ClO2. The number of hydrogen-bond donors (Lipinski definition) is 0. The van der Waals surface area contributed by atoms with Crippen LogP contribution >= 0.6 is 11.6 Å². The molecule has 68 valence electrons. The van der Waals surface area contributed by atoms with Gasteiger partial charge in [-0.15, -0.1) is 0 Å². The van der Waals surface area contributed by atoms with Crippen LogP contribution < -0.4 is 0 Å². The molecule has 3 heteroatoms. The molecule has 0 bridgehead atoms. The highest BCUT2D eigenvalue weighted by molar-refractivity contribution is 6.30. The van der Waals surface area contributed by atoms with Gasteiger partial charge in [0.2, 0.25) is 0 Å². The van der Waals surface area contributed by atoms with Gasteiger partial charge in [-0.25, -0.2) is 0 Å². The van der Waals surface area contributed by atoms with E-state index in [1.54, 1.807) is 0 Å². The van der Waals surface area contributed by atoms with E-state index in [1.165, 1.54) is 18.4 Å². The third-order valence-corrected chi connectivity index (χ3v) is 2.78. The maximum Gasteiger partial charge on any atom is 0.181 e. The van der Waals surface area contributed by atoms with E-state index in [9.17, 15) is 0 Å². The van der Waals surface area contributed by atoms with Crippen LogP contribution in [0, 0.1) is 0 Å². The minimum Gasteiger partial charge on any atom is -0.346 e. The van der Waals surface area contributed by atoms with E-state index >= 15 is 0 Å². The zero-order valence-corrected chi connectivity index (χ0v) is 7.77. The third-order valence-electron chi connectivity index (χ3n) is 2.35. The summed E-state index contributed by atoms with van der Waals surface area (Å²) in [5.74, 6) is 0. The molecule has 0 saturated carbocycles. The van der Waals surface area contributed by atoms with Crippen molar-refractivity contribution in [1.82, 2.24) is 0 Å². The molecular weight excluding hydrogens is 176 g/mol. The zero-order chi connectivity index (χ0) is 8.39. The van der Waals surface area contributed by atoms with Crippen molar-refractivity contribution < 1.29 is 9.47 Å². The van der Waals surface area contributed by atoms with E-state index in [-0.39, 0.29) is 6.29 Å². The lowest BCUT2D eigenvalue weighted by Gasteiger charge is -2.19. The first kappa shape index (κ1) is 8.54. The molecule has 2 rings (SSSR count). The molecule has 0 unspecified atom stereocenters. The van der Waals surface area contributed by atoms with E-state index in [0.717, 1.165) is 17.9 Å². The summed E-state index contributed by atoms with van der Waals surface area (Å²) < 4.78 is 10.8. The van der Waals surface area contributed by atoms with Gasteiger partial charge in [0.25, 0.3) is 0 Å².